The van der Waals surface area contributed by atoms with E-state index in [1.165, 1.54) is 4.90 Å². The Morgan fingerprint density at radius 2 is 2.33 bits per heavy atom. The first-order valence-corrected chi connectivity index (χ1v) is 8.14. The lowest BCUT2D eigenvalue weighted by atomic mass is 10.0. The molecule has 1 aromatic heterocycles. The molecule has 21 heavy (non-hydrogen) atoms. The first-order valence-electron chi connectivity index (χ1n) is 6.78. The summed E-state index contributed by atoms with van der Waals surface area (Å²) in [4.78, 5) is 13.6. The molecular formula is C15H16ClN3OS. The van der Waals surface area contributed by atoms with Crippen molar-refractivity contribution in [2.45, 2.75) is 24.3 Å². The highest BCUT2D eigenvalue weighted by molar-refractivity contribution is 7.99. The van der Waals surface area contributed by atoms with Gasteiger partial charge in [0.2, 0.25) is 0 Å². The molecule has 1 aromatic carbocycles. The molecule has 110 valence electrons. The van der Waals surface area contributed by atoms with Gasteiger partial charge in [-0.05, 0) is 37.1 Å². The van der Waals surface area contributed by atoms with Crippen LogP contribution >= 0.6 is 23.4 Å². The van der Waals surface area contributed by atoms with Crippen LogP contribution in [0.2, 0.25) is 5.02 Å². The summed E-state index contributed by atoms with van der Waals surface area (Å²) in [5.74, 6) is 0.912. The second kappa shape index (κ2) is 5.73. The SMILES string of the molecule is Cc1c(C(=O)N[C@H]2CCSc3ccc(Cl)cc32)cnn1C. The molecule has 0 bridgehead atoms. The quantitative estimate of drug-likeness (QED) is 0.922. The zero-order valence-corrected chi connectivity index (χ0v) is 13.5. The van der Waals surface area contributed by atoms with Crippen LogP contribution in [0, 0.1) is 6.92 Å². The summed E-state index contributed by atoms with van der Waals surface area (Å²) in [6, 6.07) is 5.87. The predicted octanol–water partition coefficient (Wildman–Crippen LogP) is 3.35. The first-order chi connectivity index (χ1) is 10.1. The van der Waals surface area contributed by atoms with Gasteiger partial charge in [-0.1, -0.05) is 11.6 Å². The van der Waals surface area contributed by atoms with E-state index in [4.69, 9.17) is 11.6 Å². The Hall–Kier alpha value is -1.46. The molecule has 2 aromatic rings. The molecule has 2 heterocycles. The van der Waals surface area contributed by atoms with Crippen molar-refractivity contribution in [2.24, 2.45) is 7.05 Å². The molecule has 3 rings (SSSR count). The highest BCUT2D eigenvalue weighted by atomic mass is 35.5. The smallest absolute Gasteiger partial charge is 0.255 e. The summed E-state index contributed by atoms with van der Waals surface area (Å²) in [5.41, 5.74) is 2.59. The normalized spacial score (nSPS) is 17.4. The molecule has 0 radical (unpaired) electrons. The molecule has 0 unspecified atom stereocenters. The molecule has 0 aliphatic carbocycles. The largest absolute Gasteiger partial charge is 0.345 e. The topological polar surface area (TPSA) is 46.9 Å². The zero-order chi connectivity index (χ0) is 15.0. The van der Waals surface area contributed by atoms with Crippen molar-refractivity contribution in [1.29, 1.82) is 0 Å². The molecule has 6 heteroatoms. The van der Waals surface area contributed by atoms with Gasteiger partial charge in [-0.2, -0.15) is 5.10 Å². The number of rotatable bonds is 2. The Morgan fingerprint density at radius 1 is 1.52 bits per heavy atom. The average Bonchev–Trinajstić information content (AvgIpc) is 2.80. The Bertz CT molecular complexity index is 698. The van der Waals surface area contributed by atoms with Gasteiger partial charge in [0.1, 0.15) is 0 Å². The van der Waals surface area contributed by atoms with Crippen LogP contribution in [-0.4, -0.2) is 21.4 Å². The van der Waals surface area contributed by atoms with E-state index < -0.39 is 0 Å². The van der Waals surface area contributed by atoms with Crippen molar-refractivity contribution in [1.82, 2.24) is 15.1 Å². The van der Waals surface area contributed by atoms with Gasteiger partial charge in [0.15, 0.2) is 0 Å². The van der Waals surface area contributed by atoms with Gasteiger partial charge in [-0.15, -0.1) is 11.8 Å². The van der Waals surface area contributed by atoms with Crippen LogP contribution in [0.1, 0.15) is 34.1 Å². The van der Waals surface area contributed by atoms with E-state index in [9.17, 15) is 4.79 Å². The summed E-state index contributed by atoms with van der Waals surface area (Å²) in [6.07, 6.45) is 2.52. The monoisotopic (exact) mass is 321 g/mol. The van der Waals surface area contributed by atoms with E-state index in [-0.39, 0.29) is 11.9 Å². The molecule has 1 N–H and O–H groups in total. The highest BCUT2D eigenvalue weighted by Crippen LogP contribution is 2.37. The van der Waals surface area contributed by atoms with E-state index in [2.05, 4.69) is 10.4 Å². The average molecular weight is 322 g/mol. The lowest BCUT2D eigenvalue weighted by Crippen LogP contribution is -2.31. The van der Waals surface area contributed by atoms with Gasteiger partial charge < -0.3 is 5.32 Å². The Labute approximate surface area is 132 Å². The minimum Gasteiger partial charge on any atom is -0.345 e. The van der Waals surface area contributed by atoms with Crippen LogP contribution in [0.4, 0.5) is 0 Å². The molecule has 0 fully saturated rings. The maximum atomic E-state index is 12.4. The number of amides is 1. The number of thioether (sulfide) groups is 1. The van der Waals surface area contributed by atoms with Crippen molar-refractivity contribution in [3.63, 3.8) is 0 Å². The van der Waals surface area contributed by atoms with Crippen LogP contribution in [0.5, 0.6) is 0 Å². The van der Waals surface area contributed by atoms with Gasteiger partial charge in [-0.25, -0.2) is 0 Å². The maximum absolute atomic E-state index is 12.4. The van der Waals surface area contributed by atoms with Crippen LogP contribution in [0.25, 0.3) is 0 Å². The van der Waals surface area contributed by atoms with Gasteiger partial charge in [-0.3, -0.25) is 9.48 Å². The molecule has 4 nitrogen and oxygen atoms in total. The second-order valence-electron chi connectivity index (χ2n) is 5.11. The highest BCUT2D eigenvalue weighted by Gasteiger charge is 2.24. The molecule has 1 aliphatic heterocycles. The number of nitrogens with zero attached hydrogens (tertiary/aromatic N) is 2. The number of halogens is 1. The van der Waals surface area contributed by atoms with Crippen molar-refractivity contribution >= 4 is 29.3 Å². The summed E-state index contributed by atoms with van der Waals surface area (Å²) in [7, 11) is 1.83. The fourth-order valence-corrected chi connectivity index (χ4v) is 3.76. The molecule has 1 atom stereocenters. The molecule has 1 amide bonds. The minimum absolute atomic E-state index is 0.00653. The second-order valence-corrected chi connectivity index (χ2v) is 6.69. The number of carbonyl (C=O) groups is 1. The summed E-state index contributed by atoms with van der Waals surface area (Å²) in [6.45, 7) is 1.89. The van der Waals surface area contributed by atoms with E-state index in [0.29, 0.717) is 10.6 Å². The number of nitrogens with one attached hydrogen (secondary N) is 1. The summed E-state index contributed by atoms with van der Waals surface area (Å²) < 4.78 is 1.70. The van der Waals surface area contributed by atoms with Crippen molar-refractivity contribution < 1.29 is 4.79 Å². The fraction of sp³-hybridized carbons (Fsp3) is 0.333. The van der Waals surface area contributed by atoms with Gasteiger partial charge >= 0.3 is 0 Å². The Balaban J connectivity index is 1.85. The molecule has 0 spiro atoms. The van der Waals surface area contributed by atoms with Crippen LogP contribution in [0.15, 0.2) is 29.3 Å². The Morgan fingerprint density at radius 3 is 3.05 bits per heavy atom. The van der Waals surface area contributed by atoms with Crippen LogP contribution in [-0.2, 0) is 7.05 Å². The predicted molar refractivity (Wildman–Crippen MR) is 84.9 cm³/mol. The maximum Gasteiger partial charge on any atom is 0.255 e. The molecule has 0 saturated heterocycles. The number of carbonyl (C=O) groups excluding carboxylic acids is 1. The number of aryl methyl sites for hydroxylation is 1. The van der Waals surface area contributed by atoms with Crippen molar-refractivity contribution in [3.8, 4) is 0 Å². The third-order valence-electron chi connectivity index (χ3n) is 3.80. The number of aromatic nitrogens is 2. The number of hydrogen-bond donors (Lipinski definition) is 1. The molecule has 0 saturated carbocycles. The molecular weight excluding hydrogens is 306 g/mol. The summed E-state index contributed by atoms with van der Waals surface area (Å²) >= 11 is 7.89. The van der Waals surface area contributed by atoms with Crippen LogP contribution < -0.4 is 5.32 Å². The zero-order valence-electron chi connectivity index (χ0n) is 11.9. The third kappa shape index (κ3) is 2.80. The number of fused-ring (bicyclic) bond motifs is 1. The standard InChI is InChI=1S/C15H16ClN3OS/c1-9-12(8-17-19(9)2)15(20)18-13-5-6-21-14-4-3-10(16)7-11(13)14/h3-4,7-8,13H,5-6H2,1-2H3,(H,18,20)/t13-/m0/s1. The van der Waals surface area contributed by atoms with Crippen LogP contribution in [0.3, 0.4) is 0 Å². The number of benzene rings is 1. The van der Waals surface area contributed by atoms with Gasteiger partial charge in [0.25, 0.3) is 5.91 Å². The van der Waals surface area contributed by atoms with Gasteiger partial charge in [0, 0.05) is 28.4 Å². The van der Waals surface area contributed by atoms with Gasteiger partial charge in [0.05, 0.1) is 17.8 Å². The van der Waals surface area contributed by atoms with E-state index in [1.807, 2.05) is 32.2 Å². The fourth-order valence-electron chi connectivity index (χ4n) is 2.47. The first kappa shape index (κ1) is 14.5. The molecule has 1 aliphatic rings. The minimum atomic E-state index is -0.0802. The van der Waals surface area contributed by atoms with E-state index in [0.717, 1.165) is 23.4 Å². The number of hydrogen-bond acceptors (Lipinski definition) is 3. The lowest BCUT2D eigenvalue weighted by Gasteiger charge is -2.26. The van der Waals surface area contributed by atoms with E-state index >= 15 is 0 Å². The summed E-state index contributed by atoms with van der Waals surface area (Å²) in [5, 5.41) is 7.93. The van der Waals surface area contributed by atoms with Crippen molar-refractivity contribution in [2.75, 3.05) is 5.75 Å². The third-order valence-corrected chi connectivity index (χ3v) is 5.15. The lowest BCUT2D eigenvalue weighted by molar-refractivity contribution is 0.0934. The van der Waals surface area contributed by atoms with E-state index in [1.54, 1.807) is 22.6 Å². The Kier molecular flexibility index (Phi) is 3.95. The van der Waals surface area contributed by atoms with Crippen molar-refractivity contribution in [3.05, 3.63) is 46.2 Å².